The van der Waals surface area contributed by atoms with Crippen LogP contribution in [0.3, 0.4) is 0 Å². The number of nitrogens with zero attached hydrogens (tertiary/aromatic N) is 1. The standard InChI is InChI=1S/C20H20FNO3/c1-13-4-6-14(7-5-13)15-8-9-17(18(21)11-15)19(23)22-10-2-3-16(12-22)20(24)25/h4-9,11,16H,2-3,10,12H2,1H3,(H,24,25). The summed E-state index contributed by atoms with van der Waals surface area (Å²) >= 11 is 0. The fourth-order valence-electron chi connectivity index (χ4n) is 3.15. The van der Waals surface area contributed by atoms with Crippen molar-refractivity contribution in [1.82, 2.24) is 4.90 Å². The average Bonchev–Trinajstić information content (AvgIpc) is 2.62. The molecule has 1 saturated heterocycles. The van der Waals surface area contributed by atoms with Gasteiger partial charge in [-0.2, -0.15) is 0 Å². The van der Waals surface area contributed by atoms with Gasteiger partial charge in [-0.05, 0) is 43.0 Å². The fraction of sp³-hybridized carbons (Fsp3) is 0.300. The van der Waals surface area contributed by atoms with E-state index in [0.717, 1.165) is 11.1 Å². The third-order valence-corrected chi connectivity index (χ3v) is 4.64. The third-order valence-electron chi connectivity index (χ3n) is 4.64. The number of likely N-dealkylation sites (tertiary alicyclic amines) is 1. The summed E-state index contributed by atoms with van der Waals surface area (Å²) in [6.45, 7) is 2.57. The monoisotopic (exact) mass is 341 g/mol. The number of hydrogen-bond donors (Lipinski definition) is 1. The number of amides is 1. The van der Waals surface area contributed by atoms with E-state index in [1.807, 2.05) is 31.2 Å². The van der Waals surface area contributed by atoms with Crippen molar-refractivity contribution in [2.45, 2.75) is 19.8 Å². The number of carbonyl (C=O) groups is 2. The Morgan fingerprint density at radius 2 is 1.80 bits per heavy atom. The molecule has 25 heavy (non-hydrogen) atoms. The van der Waals surface area contributed by atoms with E-state index in [1.165, 1.54) is 17.0 Å². The molecule has 2 aromatic rings. The Labute approximate surface area is 145 Å². The van der Waals surface area contributed by atoms with Crippen LogP contribution < -0.4 is 0 Å². The minimum absolute atomic E-state index is 0.0121. The van der Waals surface area contributed by atoms with Crippen LogP contribution in [-0.2, 0) is 4.79 Å². The smallest absolute Gasteiger partial charge is 0.308 e. The third kappa shape index (κ3) is 3.71. The Morgan fingerprint density at radius 1 is 1.12 bits per heavy atom. The van der Waals surface area contributed by atoms with E-state index < -0.39 is 23.6 Å². The Hall–Kier alpha value is -2.69. The molecule has 1 amide bonds. The van der Waals surface area contributed by atoms with Gasteiger partial charge in [-0.3, -0.25) is 9.59 Å². The first-order valence-corrected chi connectivity index (χ1v) is 8.34. The van der Waals surface area contributed by atoms with Crippen molar-refractivity contribution >= 4 is 11.9 Å². The van der Waals surface area contributed by atoms with Gasteiger partial charge < -0.3 is 10.0 Å². The van der Waals surface area contributed by atoms with Crippen LogP contribution in [-0.4, -0.2) is 35.0 Å². The quantitative estimate of drug-likeness (QED) is 0.925. The maximum atomic E-state index is 14.5. The summed E-state index contributed by atoms with van der Waals surface area (Å²) in [5.41, 5.74) is 2.69. The van der Waals surface area contributed by atoms with E-state index >= 15 is 0 Å². The Morgan fingerprint density at radius 3 is 2.44 bits per heavy atom. The molecule has 1 fully saturated rings. The number of rotatable bonds is 3. The van der Waals surface area contributed by atoms with Crippen LogP contribution in [0.2, 0.25) is 0 Å². The molecule has 5 heteroatoms. The highest BCUT2D eigenvalue weighted by Crippen LogP contribution is 2.25. The fourth-order valence-corrected chi connectivity index (χ4v) is 3.15. The van der Waals surface area contributed by atoms with Gasteiger partial charge in [0, 0.05) is 13.1 Å². The van der Waals surface area contributed by atoms with Crippen molar-refractivity contribution in [1.29, 1.82) is 0 Å². The van der Waals surface area contributed by atoms with Gasteiger partial charge in [0.1, 0.15) is 5.82 Å². The van der Waals surface area contributed by atoms with E-state index in [2.05, 4.69) is 0 Å². The first-order chi connectivity index (χ1) is 12.0. The summed E-state index contributed by atoms with van der Waals surface area (Å²) in [5, 5.41) is 9.13. The Balaban J connectivity index is 1.81. The highest BCUT2D eigenvalue weighted by Gasteiger charge is 2.29. The molecule has 0 radical (unpaired) electrons. The molecule has 1 aliphatic heterocycles. The summed E-state index contributed by atoms with van der Waals surface area (Å²) in [6.07, 6.45) is 1.17. The van der Waals surface area contributed by atoms with Crippen LogP contribution in [0.1, 0.15) is 28.8 Å². The number of carboxylic acids is 1. The Bertz CT molecular complexity index is 801. The van der Waals surface area contributed by atoms with Gasteiger partial charge in [-0.25, -0.2) is 4.39 Å². The van der Waals surface area contributed by atoms with Crippen LogP contribution in [0.4, 0.5) is 4.39 Å². The second kappa shape index (κ2) is 7.05. The predicted molar refractivity (Wildman–Crippen MR) is 92.8 cm³/mol. The lowest BCUT2D eigenvalue weighted by atomic mass is 9.97. The summed E-state index contributed by atoms with van der Waals surface area (Å²) in [4.78, 5) is 25.2. The predicted octanol–water partition coefficient (Wildman–Crippen LogP) is 3.74. The van der Waals surface area contributed by atoms with Crippen molar-refractivity contribution in [3.8, 4) is 11.1 Å². The van der Waals surface area contributed by atoms with Crippen molar-refractivity contribution in [3.05, 3.63) is 59.4 Å². The van der Waals surface area contributed by atoms with Crippen LogP contribution in [0.15, 0.2) is 42.5 Å². The number of aliphatic carboxylic acids is 1. The van der Waals surface area contributed by atoms with Crippen molar-refractivity contribution in [2.24, 2.45) is 5.92 Å². The number of hydrogen-bond acceptors (Lipinski definition) is 2. The highest BCUT2D eigenvalue weighted by molar-refractivity contribution is 5.95. The number of benzene rings is 2. The number of carbonyl (C=O) groups excluding carboxylic acids is 1. The maximum absolute atomic E-state index is 14.5. The summed E-state index contributed by atoms with van der Waals surface area (Å²) < 4.78 is 14.5. The molecule has 4 nitrogen and oxygen atoms in total. The zero-order valence-electron chi connectivity index (χ0n) is 14.0. The molecular weight excluding hydrogens is 321 g/mol. The SMILES string of the molecule is Cc1ccc(-c2ccc(C(=O)N3CCCC(C(=O)O)C3)c(F)c2)cc1. The summed E-state index contributed by atoms with van der Waals surface area (Å²) in [6, 6.07) is 12.3. The van der Waals surface area contributed by atoms with Crippen molar-refractivity contribution in [2.75, 3.05) is 13.1 Å². The zero-order valence-corrected chi connectivity index (χ0v) is 14.0. The maximum Gasteiger partial charge on any atom is 0.308 e. The van der Waals surface area contributed by atoms with E-state index in [4.69, 9.17) is 5.11 Å². The van der Waals surface area contributed by atoms with E-state index in [-0.39, 0.29) is 12.1 Å². The highest BCUT2D eigenvalue weighted by atomic mass is 19.1. The van der Waals surface area contributed by atoms with Crippen LogP contribution in [0.5, 0.6) is 0 Å². The molecule has 0 saturated carbocycles. The summed E-state index contributed by atoms with van der Waals surface area (Å²) in [7, 11) is 0. The number of halogens is 1. The minimum atomic E-state index is -0.910. The van der Waals surface area contributed by atoms with Gasteiger partial charge in [0.05, 0.1) is 11.5 Å². The van der Waals surface area contributed by atoms with Gasteiger partial charge in [-0.1, -0.05) is 35.9 Å². The molecule has 1 aliphatic rings. The lowest BCUT2D eigenvalue weighted by molar-refractivity contribution is -0.143. The molecular formula is C20H20FNO3. The molecule has 130 valence electrons. The largest absolute Gasteiger partial charge is 0.481 e. The minimum Gasteiger partial charge on any atom is -0.481 e. The van der Waals surface area contributed by atoms with E-state index in [9.17, 15) is 14.0 Å². The van der Waals surface area contributed by atoms with Gasteiger partial charge in [0.25, 0.3) is 5.91 Å². The molecule has 0 spiro atoms. The van der Waals surface area contributed by atoms with Gasteiger partial charge in [0.15, 0.2) is 0 Å². The van der Waals surface area contributed by atoms with Gasteiger partial charge in [0.2, 0.25) is 0 Å². The molecule has 1 atom stereocenters. The zero-order chi connectivity index (χ0) is 18.0. The average molecular weight is 341 g/mol. The van der Waals surface area contributed by atoms with Gasteiger partial charge in [-0.15, -0.1) is 0 Å². The number of piperidine rings is 1. The molecule has 1 unspecified atom stereocenters. The number of aryl methyl sites for hydroxylation is 1. The lowest BCUT2D eigenvalue weighted by Crippen LogP contribution is -2.42. The molecule has 1 N–H and O–H groups in total. The lowest BCUT2D eigenvalue weighted by Gasteiger charge is -2.30. The molecule has 1 heterocycles. The molecule has 3 rings (SSSR count). The summed E-state index contributed by atoms with van der Waals surface area (Å²) in [5.74, 6) is -2.51. The van der Waals surface area contributed by atoms with Crippen LogP contribution >= 0.6 is 0 Å². The van der Waals surface area contributed by atoms with Crippen LogP contribution in [0, 0.1) is 18.7 Å². The normalized spacial score (nSPS) is 17.4. The van der Waals surface area contributed by atoms with Crippen molar-refractivity contribution in [3.63, 3.8) is 0 Å². The second-order valence-corrected chi connectivity index (χ2v) is 6.49. The van der Waals surface area contributed by atoms with Crippen LogP contribution in [0.25, 0.3) is 11.1 Å². The van der Waals surface area contributed by atoms with Crippen molar-refractivity contribution < 1.29 is 19.1 Å². The second-order valence-electron chi connectivity index (χ2n) is 6.49. The number of carboxylic acid groups (broad SMARTS) is 1. The van der Waals surface area contributed by atoms with E-state index in [0.29, 0.717) is 24.9 Å². The molecule has 0 aliphatic carbocycles. The first kappa shape index (κ1) is 17.1. The van der Waals surface area contributed by atoms with Gasteiger partial charge >= 0.3 is 5.97 Å². The Kier molecular flexibility index (Phi) is 4.83. The molecule has 0 aromatic heterocycles. The molecule has 0 bridgehead atoms. The van der Waals surface area contributed by atoms with E-state index in [1.54, 1.807) is 6.07 Å². The topological polar surface area (TPSA) is 57.6 Å². The molecule has 2 aromatic carbocycles. The first-order valence-electron chi connectivity index (χ1n) is 8.34.